The Bertz CT molecular complexity index is 308. The van der Waals surface area contributed by atoms with E-state index in [0.29, 0.717) is 0 Å². The lowest BCUT2D eigenvalue weighted by Gasteiger charge is -2.09. The van der Waals surface area contributed by atoms with Crippen LogP contribution in [0.2, 0.25) is 0 Å². The van der Waals surface area contributed by atoms with Crippen molar-refractivity contribution in [3.63, 3.8) is 0 Å². The third-order valence-electron chi connectivity index (χ3n) is 2.17. The maximum absolute atomic E-state index is 11.5. The van der Waals surface area contributed by atoms with Crippen LogP contribution in [0.5, 0.6) is 0 Å². The van der Waals surface area contributed by atoms with Crippen molar-refractivity contribution in [3.05, 3.63) is 27.8 Å². The molecule has 0 aliphatic carbocycles. The molecule has 0 spiro atoms. The Kier molecular flexibility index (Phi) is 4.38. The average molecular weight is 303 g/mol. The number of carbonyl (C=O) groups is 1. The van der Waals surface area contributed by atoms with Gasteiger partial charge in [0.05, 0.1) is 0 Å². The van der Waals surface area contributed by atoms with E-state index in [1.165, 1.54) is 3.57 Å². The molecule has 0 aliphatic rings. The van der Waals surface area contributed by atoms with E-state index >= 15 is 0 Å². The van der Waals surface area contributed by atoms with Gasteiger partial charge in [-0.15, -0.1) is 0 Å². The van der Waals surface area contributed by atoms with Crippen LogP contribution in [0.1, 0.15) is 20.3 Å². The smallest absolute Gasteiger partial charge is 0.227 e. The molecule has 0 saturated carbocycles. The lowest BCUT2D eigenvalue weighted by Crippen LogP contribution is -2.19. The molecule has 0 radical (unpaired) electrons. The van der Waals surface area contributed by atoms with Crippen molar-refractivity contribution in [1.29, 1.82) is 0 Å². The third-order valence-corrected chi connectivity index (χ3v) is 2.89. The number of benzene rings is 1. The largest absolute Gasteiger partial charge is 0.326 e. The van der Waals surface area contributed by atoms with E-state index in [2.05, 4.69) is 27.9 Å². The molecule has 1 aromatic carbocycles. The monoisotopic (exact) mass is 303 g/mol. The highest BCUT2D eigenvalue weighted by Gasteiger charge is 2.09. The van der Waals surface area contributed by atoms with E-state index in [1.807, 2.05) is 38.1 Å². The molecule has 0 bridgehead atoms. The van der Waals surface area contributed by atoms with Crippen LogP contribution >= 0.6 is 22.6 Å². The van der Waals surface area contributed by atoms with Crippen LogP contribution in [0, 0.1) is 9.49 Å². The second kappa shape index (κ2) is 5.34. The molecule has 0 fully saturated rings. The van der Waals surface area contributed by atoms with Crippen molar-refractivity contribution in [3.8, 4) is 0 Å². The van der Waals surface area contributed by atoms with Crippen LogP contribution in [0.15, 0.2) is 24.3 Å². The molecule has 0 heterocycles. The summed E-state index contributed by atoms with van der Waals surface area (Å²) in [5.41, 5.74) is 0.871. The van der Waals surface area contributed by atoms with Gasteiger partial charge in [0.2, 0.25) is 5.91 Å². The minimum atomic E-state index is 0.0780. The van der Waals surface area contributed by atoms with Gasteiger partial charge < -0.3 is 5.32 Å². The zero-order valence-corrected chi connectivity index (χ0v) is 10.5. The summed E-state index contributed by atoms with van der Waals surface area (Å²) in [7, 11) is 0. The molecule has 1 unspecified atom stereocenters. The fourth-order valence-corrected chi connectivity index (χ4v) is 1.34. The highest BCUT2D eigenvalue weighted by atomic mass is 127. The van der Waals surface area contributed by atoms with E-state index in [1.54, 1.807) is 0 Å². The molecule has 0 saturated heterocycles. The molecular weight excluding hydrogens is 289 g/mol. The highest BCUT2D eigenvalue weighted by Crippen LogP contribution is 2.12. The van der Waals surface area contributed by atoms with E-state index < -0.39 is 0 Å². The fraction of sp³-hybridized carbons (Fsp3) is 0.364. The van der Waals surface area contributed by atoms with Gasteiger partial charge in [0, 0.05) is 15.2 Å². The van der Waals surface area contributed by atoms with Crippen LogP contribution in [0.25, 0.3) is 0 Å². The van der Waals surface area contributed by atoms with Gasteiger partial charge in [0.1, 0.15) is 0 Å². The first-order valence-corrected chi connectivity index (χ1v) is 5.77. The lowest BCUT2D eigenvalue weighted by molar-refractivity contribution is -0.119. The zero-order chi connectivity index (χ0) is 10.6. The Morgan fingerprint density at radius 2 is 2.00 bits per heavy atom. The number of amides is 1. The SMILES string of the molecule is CCC(C)C(=O)Nc1ccc(I)cc1. The molecule has 1 atom stereocenters. The van der Waals surface area contributed by atoms with Gasteiger partial charge in [-0.25, -0.2) is 0 Å². The van der Waals surface area contributed by atoms with Crippen molar-refractivity contribution < 1.29 is 4.79 Å². The Balaban J connectivity index is 2.60. The summed E-state index contributed by atoms with van der Waals surface area (Å²) in [5, 5.41) is 2.88. The van der Waals surface area contributed by atoms with Gasteiger partial charge in [-0.3, -0.25) is 4.79 Å². The fourth-order valence-electron chi connectivity index (χ4n) is 0.984. The van der Waals surface area contributed by atoms with Crippen molar-refractivity contribution in [2.24, 2.45) is 5.92 Å². The van der Waals surface area contributed by atoms with Gasteiger partial charge >= 0.3 is 0 Å². The second-order valence-corrected chi connectivity index (χ2v) is 4.55. The first kappa shape index (κ1) is 11.5. The third kappa shape index (κ3) is 3.29. The summed E-state index contributed by atoms with van der Waals surface area (Å²) >= 11 is 2.24. The van der Waals surface area contributed by atoms with Gasteiger partial charge in [-0.05, 0) is 53.3 Å². The van der Waals surface area contributed by atoms with Crippen LogP contribution in [-0.4, -0.2) is 5.91 Å². The van der Waals surface area contributed by atoms with Crippen molar-refractivity contribution in [2.75, 3.05) is 5.32 Å². The van der Waals surface area contributed by atoms with E-state index in [-0.39, 0.29) is 11.8 Å². The first-order valence-electron chi connectivity index (χ1n) is 4.70. The van der Waals surface area contributed by atoms with Crippen molar-refractivity contribution in [2.45, 2.75) is 20.3 Å². The molecule has 76 valence electrons. The number of halogens is 1. The van der Waals surface area contributed by atoms with E-state index in [9.17, 15) is 4.79 Å². The highest BCUT2D eigenvalue weighted by molar-refractivity contribution is 14.1. The topological polar surface area (TPSA) is 29.1 Å². The van der Waals surface area contributed by atoms with E-state index in [0.717, 1.165) is 12.1 Å². The van der Waals surface area contributed by atoms with Crippen LogP contribution in [0.4, 0.5) is 5.69 Å². The predicted octanol–water partition coefficient (Wildman–Crippen LogP) is 3.28. The molecule has 1 amide bonds. The molecule has 0 aliphatic heterocycles. The van der Waals surface area contributed by atoms with Gasteiger partial charge in [-0.1, -0.05) is 13.8 Å². The predicted molar refractivity (Wildman–Crippen MR) is 67.2 cm³/mol. The number of hydrogen-bond acceptors (Lipinski definition) is 1. The lowest BCUT2D eigenvalue weighted by atomic mass is 10.1. The number of rotatable bonds is 3. The number of anilines is 1. The van der Waals surface area contributed by atoms with Crippen molar-refractivity contribution >= 4 is 34.2 Å². The molecule has 1 N–H and O–H groups in total. The summed E-state index contributed by atoms with van der Waals surface area (Å²) in [4.78, 5) is 11.5. The zero-order valence-electron chi connectivity index (χ0n) is 8.38. The molecule has 0 aromatic heterocycles. The van der Waals surface area contributed by atoms with Gasteiger partial charge in [-0.2, -0.15) is 0 Å². The quantitative estimate of drug-likeness (QED) is 0.853. The summed E-state index contributed by atoms with van der Waals surface area (Å²) in [5.74, 6) is 0.169. The molecular formula is C11H14INO. The number of carbonyl (C=O) groups excluding carboxylic acids is 1. The van der Waals surface area contributed by atoms with Crippen molar-refractivity contribution in [1.82, 2.24) is 0 Å². The van der Waals surface area contributed by atoms with E-state index in [4.69, 9.17) is 0 Å². The minimum Gasteiger partial charge on any atom is -0.326 e. The molecule has 2 nitrogen and oxygen atoms in total. The molecule has 1 rings (SSSR count). The Hall–Kier alpha value is -0.580. The van der Waals surface area contributed by atoms with Gasteiger partial charge in [0.15, 0.2) is 0 Å². The summed E-state index contributed by atoms with van der Waals surface area (Å²) in [6.45, 7) is 3.94. The standard InChI is InChI=1S/C11H14INO/c1-3-8(2)11(14)13-10-6-4-9(12)5-7-10/h4-8H,3H2,1-2H3,(H,13,14). The Morgan fingerprint density at radius 1 is 1.43 bits per heavy atom. The molecule has 14 heavy (non-hydrogen) atoms. The maximum Gasteiger partial charge on any atom is 0.227 e. The normalized spacial score (nSPS) is 12.2. The summed E-state index contributed by atoms with van der Waals surface area (Å²) in [6.07, 6.45) is 0.871. The summed E-state index contributed by atoms with van der Waals surface area (Å²) in [6, 6.07) is 7.80. The molecule has 1 aromatic rings. The molecule has 3 heteroatoms. The van der Waals surface area contributed by atoms with Crippen LogP contribution in [-0.2, 0) is 4.79 Å². The Morgan fingerprint density at radius 3 is 2.50 bits per heavy atom. The summed E-state index contributed by atoms with van der Waals surface area (Å²) < 4.78 is 1.17. The number of hydrogen-bond donors (Lipinski definition) is 1. The minimum absolute atomic E-state index is 0.0780. The number of nitrogens with one attached hydrogen (secondary N) is 1. The second-order valence-electron chi connectivity index (χ2n) is 3.31. The maximum atomic E-state index is 11.5. The van der Waals surface area contributed by atoms with Crippen LogP contribution < -0.4 is 5.32 Å². The van der Waals surface area contributed by atoms with Crippen LogP contribution in [0.3, 0.4) is 0 Å². The average Bonchev–Trinajstić information content (AvgIpc) is 2.20. The van der Waals surface area contributed by atoms with Gasteiger partial charge in [0.25, 0.3) is 0 Å². The Labute approximate surface area is 98.2 Å². The first-order chi connectivity index (χ1) is 6.63.